The molecule has 0 aromatic heterocycles. The summed E-state index contributed by atoms with van der Waals surface area (Å²) in [7, 11) is -2.31. The number of amides is 2. The van der Waals surface area contributed by atoms with E-state index in [2.05, 4.69) is 5.32 Å². The summed E-state index contributed by atoms with van der Waals surface area (Å²) < 4.78 is 39.1. The summed E-state index contributed by atoms with van der Waals surface area (Å²) in [4.78, 5) is 26.7. The van der Waals surface area contributed by atoms with Crippen molar-refractivity contribution in [2.75, 3.05) is 24.2 Å². The lowest BCUT2D eigenvalue weighted by molar-refractivity contribution is -0.139. The molecular weight excluding hydrogens is 409 g/mol. The average Bonchev–Trinajstić information content (AvgIpc) is 2.70. The summed E-state index contributed by atoms with van der Waals surface area (Å²) in [6.45, 7) is 2.87. The third-order valence-corrected chi connectivity index (χ3v) is 5.87. The Hall–Kier alpha value is -2.94. The molecular formula is C21H26FN3O4S. The topological polar surface area (TPSA) is 86.8 Å². The van der Waals surface area contributed by atoms with Gasteiger partial charge in [0.05, 0.1) is 11.9 Å². The lowest BCUT2D eigenvalue weighted by Crippen LogP contribution is -2.50. The number of anilines is 1. The van der Waals surface area contributed by atoms with Crippen molar-refractivity contribution >= 4 is 27.5 Å². The van der Waals surface area contributed by atoms with Crippen LogP contribution in [-0.2, 0) is 26.2 Å². The van der Waals surface area contributed by atoms with Gasteiger partial charge in [-0.2, -0.15) is 0 Å². The van der Waals surface area contributed by atoms with E-state index < -0.39 is 40.2 Å². The third kappa shape index (κ3) is 5.79. The molecule has 0 radical (unpaired) electrons. The normalized spacial score (nSPS) is 12.2. The molecule has 0 saturated heterocycles. The molecule has 0 fully saturated rings. The van der Waals surface area contributed by atoms with Crippen molar-refractivity contribution in [2.24, 2.45) is 0 Å². The van der Waals surface area contributed by atoms with Crippen molar-refractivity contribution in [3.63, 3.8) is 0 Å². The summed E-state index contributed by atoms with van der Waals surface area (Å²) in [5, 5.41) is 2.49. The summed E-state index contributed by atoms with van der Waals surface area (Å²) >= 11 is 0. The maximum absolute atomic E-state index is 13.2. The number of likely N-dealkylation sites (N-methyl/N-ethyl adjacent to an activating group) is 1. The lowest BCUT2D eigenvalue weighted by Gasteiger charge is -2.31. The average molecular weight is 436 g/mol. The van der Waals surface area contributed by atoms with E-state index in [0.29, 0.717) is 16.8 Å². The van der Waals surface area contributed by atoms with Crippen molar-refractivity contribution < 1.29 is 22.4 Å². The molecule has 2 aromatic rings. The number of carbonyl (C=O) groups is 2. The fourth-order valence-corrected chi connectivity index (χ4v) is 3.92. The van der Waals surface area contributed by atoms with Crippen molar-refractivity contribution in [3.05, 3.63) is 65.5 Å². The maximum atomic E-state index is 13.2. The second-order valence-electron chi connectivity index (χ2n) is 6.99. The van der Waals surface area contributed by atoms with Gasteiger partial charge in [0.15, 0.2) is 0 Å². The molecule has 0 heterocycles. The van der Waals surface area contributed by atoms with Gasteiger partial charge >= 0.3 is 0 Å². The van der Waals surface area contributed by atoms with Crippen molar-refractivity contribution in [1.82, 2.24) is 10.2 Å². The molecule has 1 N–H and O–H groups in total. The van der Waals surface area contributed by atoms with Gasteiger partial charge in [-0.05, 0) is 43.2 Å². The zero-order valence-corrected chi connectivity index (χ0v) is 18.2. The van der Waals surface area contributed by atoms with E-state index >= 15 is 0 Å². The van der Waals surface area contributed by atoms with Crippen LogP contribution in [0.2, 0.25) is 0 Å². The minimum absolute atomic E-state index is 0.0269. The predicted octanol–water partition coefficient (Wildman–Crippen LogP) is 2.06. The molecule has 2 rings (SSSR count). The van der Waals surface area contributed by atoms with Crippen LogP contribution in [0.1, 0.15) is 18.1 Å². The van der Waals surface area contributed by atoms with Crippen LogP contribution in [0.15, 0.2) is 48.5 Å². The van der Waals surface area contributed by atoms with Crippen molar-refractivity contribution in [2.45, 2.75) is 26.4 Å². The van der Waals surface area contributed by atoms with Gasteiger partial charge in [-0.15, -0.1) is 0 Å². The van der Waals surface area contributed by atoms with Gasteiger partial charge in [0.1, 0.15) is 18.4 Å². The standard InChI is InChI=1S/C21H26FN3O4S/c1-15-7-5-6-8-19(15)25(30(4,28)29)14-20(26)24(16(2)21(27)23-3)13-17-9-11-18(22)12-10-17/h5-12,16H,13-14H2,1-4H3,(H,23,27)/t16-/m1/s1. The van der Waals surface area contributed by atoms with E-state index in [1.165, 1.54) is 36.2 Å². The predicted molar refractivity (Wildman–Crippen MR) is 114 cm³/mol. The van der Waals surface area contributed by atoms with Crippen LogP contribution in [0.4, 0.5) is 10.1 Å². The summed E-state index contributed by atoms with van der Waals surface area (Å²) in [6.07, 6.45) is 1.03. The Morgan fingerprint density at radius 2 is 1.70 bits per heavy atom. The van der Waals surface area contributed by atoms with E-state index in [1.54, 1.807) is 38.1 Å². The Morgan fingerprint density at radius 3 is 2.23 bits per heavy atom. The summed E-state index contributed by atoms with van der Waals surface area (Å²) in [5.74, 6) is -1.37. The Balaban J connectivity index is 2.38. The van der Waals surface area contributed by atoms with E-state index in [1.807, 2.05) is 0 Å². The third-order valence-electron chi connectivity index (χ3n) is 4.74. The molecule has 7 nitrogen and oxygen atoms in total. The van der Waals surface area contributed by atoms with Gasteiger partial charge in [-0.3, -0.25) is 13.9 Å². The van der Waals surface area contributed by atoms with E-state index in [9.17, 15) is 22.4 Å². The Bertz CT molecular complexity index is 1010. The molecule has 0 spiro atoms. The van der Waals surface area contributed by atoms with Crippen LogP contribution in [-0.4, -0.2) is 51.0 Å². The summed E-state index contributed by atoms with van der Waals surface area (Å²) in [6, 6.07) is 11.5. The first-order valence-electron chi connectivity index (χ1n) is 9.33. The first-order chi connectivity index (χ1) is 14.0. The first kappa shape index (κ1) is 23.3. The SMILES string of the molecule is CNC(=O)[C@@H](C)N(Cc1ccc(F)cc1)C(=O)CN(c1ccccc1C)S(C)(=O)=O. The van der Waals surface area contributed by atoms with E-state index in [0.717, 1.165) is 10.6 Å². The van der Waals surface area contributed by atoms with Gasteiger partial charge in [-0.25, -0.2) is 12.8 Å². The molecule has 0 unspecified atom stereocenters. The quantitative estimate of drug-likeness (QED) is 0.688. The van der Waals surface area contributed by atoms with Crippen LogP contribution < -0.4 is 9.62 Å². The molecule has 30 heavy (non-hydrogen) atoms. The van der Waals surface area contributed by atoms with E-state index in [-0.39, 0.29) is 6.54 Å². The first-order valence-corrected chi connectivity index (χ1v) is 11.2. The molecule has 1 atom stereocenters. The number of sulfonamides is 1. The van der Waals surface area contributed by atoms with Crippen LogP contribution in [0, 0.1) is 12.7 Å². The number of rotatable bonds is 8. The van der Waals surface area contributed by atoms with Gasteiger partial charge in [-0.1, -0.05) is 30.3 Å². The van der Waals surface area contributed by atoms with Crippen LogP contribution >= 0.6 is 0 Å². The maximum Gasteiger partial charge on any atom is 0.244 e. The highest BCUT2D eigenvalue weighted by Crippen LogP contribution is 2.22. The molecule has 0 saturated carbocycles. The number of aryl methyl sites for hydroxylation is 1. The molecule has 2 amide bonds. The van der Waals surface area contributed by atoms with Gasteiger partial charge in [0.25, 0.3) is 0 Å². The monoisotopic (exact) mass is 435 g/mol. The second kappa shape index (κ2) is 9.71. The molecule has 0 bridgehead atoms. The zero-order chi connectivity index (χ0) is 22.5. The number of halogens is 1. The number of hydrogen-bond donors (Lipinski definition) is 1. The highest BCUT2D eigenvalue weighted by molar-refractivity contribution is 7.92. The largest absolute Gasteiger partial charge is 0.357 e. The molecule has 9 heteroatoms. The summed E-state index contributed by atoms with van der Waals surface area (Å²) in [5.41, 5.74) is 1.70. The van der Waals surface area contributed by atoms with Gasteiger partial charge < -0.3 is 10.2 Å². The number of hydrogen-bond acceptors (Lipinski definition) is 4. The van der Waals surface area contributed by atoms with E-state index in [4.69, 9.17) is 0 Å². The van der Waals surface area contributed by atoms with Gasteiger partial charge in [0, 0.05) is 13.6 Å². The van der Waals surface area contributed by atoms with Gasteiger partial charge in [0.2, 0.25) is 21.8 Å². The smallest absolute Gasteiger partial charge is 0.244 e. The zero-order valence-electron chi connectivity index (χ0n) is 17.4. The highest BCUT2D eigenvalue weighted by Gasteiger charge is 2.30. The molecule has 0 aliphatic heterocycles. The minimum Gasteiger partial charge on any atom is -0.357 e. The number of carbonyl (C=O) groups excluding carboxylic acids is 2. The highest BCUT2D eigenvalue weighted by atomic mass is 32.2. The Labute approximate surface area is 176 Å². The molecule has 0 aliphatic rings. The minimum atomic E-state index is -3.76. The Kier molecular flexibility index (Phi) is 7.55. The van der Waals surface area contributed by atoms with Crippen molar-refractivity contribution in [3.8, 4) is 0 Å². The fourth-order valence-electron chi connectivity index (χ4n) is 3.02. The van der Waals surface area contributed by atoms with Crippen LogP contribution in [0.3, 0.4) is 0 Å². The van der Waals surface area contributed by atoms with Crippen molar-refractivity contribution in [1.29, 1.82) is 0 Å². The molecule has 0 aliphatic carbocycles. The number of nitrogens with zero attached hydrogens (tertiary/aromatic N) is 2. The molecule has 2 aromatic carbocycles. The fraction of sp³-hybridized carbons (Fsp3) is 0.333. The second-order valence-corrected chi connectivity index (χ2v) is 8.90. The number of para-hydroxylation sites is 1. The van der Waals surface area contributed by atoms with Crippen LogP contribution in [0.5, 0.6) is 0 Å². The molecule has 162 valence electrons. The lowest BCUT2D eigenvalue weighted by atomic mass is 10.1. The Morgan fingerprint density at radius 1 is 1.10 bits per heavy atom. The number of benzene rings is 2. The number of nitrogens with one attached hydrogen (secondary N) is 1. The van der Waals surface area contributed by atoms with Crippen LogP contribution in [0.25, 0.3) is 0 Å².